The molecule has 2 aliphatic rings. The van der Waals surface area contributed by atoms with Gasteiger partial charge in [-0.1, -0.05) is 42.5 Å². The summed E-state index contributed by atoms with van der Waals surface area (Å²) in [7, 11) is -3.38. The van der Waals surface area contributed by atoms with Crippen molar-refractivity contribution in [1.29, 1.82) is 0 Å². The van der Waals surface area contributed by atoms with Crippen LogP contribution in [-0.4, -0.2) is 68.6 Å². The second kappa shape index (κ2) is 9.41. The molecule has 0 radical (unpaired) electrons. The van der Waals surface area contributed by atoms with Crippen LogP contribution in [0.3, 0.4) is 0 Å². The molecule has 2 heterocycles. The SMILES string of the molecule is O=C(CN1CCCSc2ccccc21)N1CCN(S(=O)(=O)Cc2ccccc2)CC1. The molecule has 4 rings (SSSR count). The predicted molar refractivity (Wildman–Crippen MR) is 121 cm³/mol. The van der Waals surface area contributed by atoms with E-state index in [-0.39, 0.29) is 11.7 Å². The number of para-hydroxylation sites is 1. The number of hydrogen-bond donors (Lipinski definition) is 0. The summed E-state index contributed by atoms with van der Waals surface area (Å²) >= 11 is 1.84. The zero-order valence-corrected chi connectivity index (χ0v) is 18.6. The third-order valence-electron chi connectivity index (χ3n) is 5.54. The highest BCUT2D eigenvalue weighted by atomic mass is 32.2. The summed E-state index contributed by atoms with van der Waals surface area (Å²) in [5, 5.41) is 0. The summed E-state index contributed by atoms with van der Waals surface area (Å²) in [6.07, 6.45) is 1.04. The number of benzene rings is 2. The van der Waals surface area contributed by atoms with Crippen LogP contribution in [0.2, 0.25) is 0 Å². The number of thioether (sulfide) groups is 1. The molecule has 1 saturated heterocycles. The molecule has 2 aliphatic heterocycles. The van der Waals surface area contributed by atoms with Gasteiger partial charge in [0.1, 0.15) is 0 Å². The molecule has 30 heavy (non-hydrogen) atoms. The van der Waals surface area contributed by atoms with E-state index in [4.69, 9.17) is 0 Å². The number of carbonyl (C=O) groups excluding carboxylic acids is 1. The molecule has 0 saturated carbocycles. The second-order valence-electron chi connectivity index (χ2n) is 7.61. The maximum absolute atomic E-state index is 12.9. The minimum absolute atomic E-state index is 0.00398. The fourth-order valence-electron chi connectivity index (χ4n) is 3.92. The molecule has 160 valence electrons. The topological polar surface area (TPSA) is 60.9 Å². The van der Waals surface area contributed by atoms with Crippen molar-refractivity contribution in [2.75, 3.05) is 49.9 Å². The molecule has 6 nitrogen and oxygen atoms in total. The minimum atomic E-state index is -3.38. The van der Waals surface area contributed by atoms with Gasteiger partial charge in [-0.25, -0.2) is 8.42 Å². The lowest BCUT2D eigenvalue weighted by atomic mass is 10.2. The molecule has 0 spiro atoms. The number of amides is 1. The first-order chi connectivity index (χ1) is 14.5. The van der Waals surface area contributed by atoms with Gasteiger partial charge < -0.3 is 9.80 Å². The summed E-state index contributed by atoms with van der Waals surface area (Å²) in [5.41, 5.74) is 1.91. The molecule has 0 N–H and O–H groups in total. The monoisotopic (exact) mass is 445 g/mol. The third-order valence-corrected chi connectivity index (χ3v) is 8.54. The number of anilines is 1. The van der Waals surface area contributed by atoms with Gasteiger partial charge >= 0.3 is 0 Å². The van der Waals surface area contributed by atoms with Crippen LogP contribution in [0, 0.1) is 0 Å². The highest BCUT2D eigenvalue weighted by Gasteiger charge is 2.30. The largest absolute Gasteiger partial charge is 0.361 e. The maximum atomic E-state index is 12.9. The highest BCUT2D eigenvalue weighted by molar-refractivity contribution is 7.99. The quantitative estimate of drug-likeness (QED) is 0.708. The Bertz CT molecular complexity index is 974. The third kappa shape index (κ3) is 4.99. The summed E-state index contributed by atoms with van der Waals surface area (Å²) < 4.78 is 27.0. The van der Waals surface area contributed by atoms with Gasteiger partial charge in [-0.15, -0.1) is 11.8 Å². The van der Waals surface area contributed by atoms with Gasteiger partial charge in [-0.2, -0.15) is 4.31 Å². The summed E-state index contributed by atoms with van der Waals surface area (Å²) in [6, 6.07) is 17.5. The lowest BCUT2D eigenvalue weighted by Gasteiger charge is -2.35. The highest BCUT2D eigenvalue weighted by Crippen LogP contribution is 2.33. The molecule has 1 fully saturated rings. The maximum Gasteiger partial charge on any atom is 0.242 e. The molecule has 0 bridgehead atoms. The Labute approximate surface area is 182 Å². The first-order valence-electron chi connectivity index (χ1n) is 10.3. The number of nitrogens with zero attached hydrogens (tertiary/aromatic N) is 3. The van der Waals surface area contributed by atoms with Gasteiger partial charge in [0.25, 0.3) is 0 Å². The van der Waals surface area contributed by atoms with Crippen molar-refractivity contribution >= 4 is 33.4 Å². The van der Waals surface area contributed by atoms with Crippen LogP contribution in [0.1, 0.15) is 12.0 Å². The predicted octanol–water partition coefficient (Wildman–Crippen LogP) is 2.66. The first kappa shape index (κ1) is 21.2. The summed E-state index contributed by atoms with van der Waals surface area (Å²) in [6.45, 7) is 2.80. The number of rotatable bonds is 5. The van der Waals surface area contributed by atoms with E-state index >= 15 is 0 Å². The Morgan fingerprint density at radius 2 is 1.60 bits per heavy atom. The molecule has 2 aromatic rings. The van der Waals surface area contributed by atoms with Crippen molar-refractivity contribution < 1.29 is 13.2 Å². The van der Waals surface area contributed by atoms with Crippen LogP contribution < -0.4 is 4.90 Å². The van der Waals surface area contributed by atoms with Crippen LogP contribution >= 0.6 is 11.8 Å². The van der Waals surface area contributed by atoms with Crippen LogP contribution in [0.25, 0.3) is 0 Å². The second-order valence-corrected chi connectivity index (χ2v) is 10.7. The average molecular weight is 446 g/mol. The molecule has 8 heteroatoms. The molecule has 0 aromatic heterocycles. The van der Waals surface area contributed by atoms with Gasteiger partial charge in [0, 0.05) is 37.6 Å². The van der Waals surface area contributed by atoms with E-state index in [1.54, 1.807) is 4.90 Å². The Kier molecular flexibility index (Phi) is 6.65. The van der Waals surface area contributed by atoms with Crippen LogP contribution in [-0.2, 0) is 20.6 Å². The zero-order chi connectivity index (χ0) is 21.0. The average Bonchev–Trinajstić information content (AvgIpc) is 2.97. The van der Waals surface area contributed by atoms with E-state index in [0.717, 1.165) is 30.0 Å². The van der Waals surface area contributed by atoms with Crippen molar-refractivity contribution in [1.82, 2.24) is 9.21 Å². The lowest BCUT2D eigenvalue weighted by molar-refractivity contribution is -0.130. The summed E-state index contributed by atoms with van der Waals surface area (Å²) in [5.74, 6) is 1.13. The first-order valence-corrected chi connectivity index (χ1v) is 12.9. The fourth-order valence-corrected chi connectivity index (χ4v) is 6.45. The standard InChI is InChI=1S/C22H27N3O3S2/c26-22(17-24-11-6-16-29-21-10-5-4-9-20(21)24)23-12-14-25(15-13-23)30(27,28)18-19-7-2-1-3-8-19/h1-5,7-10H,6,11-18H2. The van der Waals surface area contributed by atoms with E-state index in [9.17, 15) is 13.2 Å². The van der Waals surface area contributed by atoms with Gasteiger partial charge in [-0.05, 0) is 29.9 Å². The Hall–Kier alpha value is -2.03. The Morgan fingerprint density at radius 3 is 2.37 bits per heavy atom. The molecular formula is C22H27N3O3S2. The number of carbonyl (C=O) groups is 1. The Balaban J connectivity index is 1.35. The van der Waals surface area contributed by atoms with Crippen molar-refractivity contribution in [2.24, 2.45) is 0 Å². The number of fused-ring (bicyclic) bond motifs is 1. The fraction of sp³-hybridized carbons (Fsp3) is 0.409. The van der Waals surface area contributed by atoms with Gasteiger partial charge in [0.15, 0.2) is 0 Å². The van der Waals surface area contributed by atoms with E-state index < -0.39 is 10.0 Å². The van der Waals surface area contributed by atoms with Crippen LogP contribution in [0.5, 0.6) is 0 Å². The number of hydrogen-bond acceptors (Lipinski definition) is 5. The molecule has 0 aliphatic carbocycles. The normalized spacial score (nSPS) is 18.0. The Morgan fingerprint density at radius 1 is 0.900 bits per heavy atom. The molecule has 1 amide bonds. The minimum Gasteiger partial charge on any atom is -0.361 e. The summed E-state index contributed by atoms with van der Waals surface area (Å²) in [4.78, 5) is 18.1. The van der Waals surface area contributed by atoms with Gasteiger partial charge in [0.05, 0.1) is 18.0 Å². The van der Waals surface area contributed by atoms with Crippen molar-refractivity contribution in [2.45, 2.75) is 17.1 Å². The van der Waals surface area contributed by atoms with Gasteiger partial charge in [-0.3, -0.25) is 4.79 Å². The number of piperazine rings is 1. The van der Waals surface area contributed by atoms with E-state index in [1.165, 1.54) is 9.20 Å². The van der Waals surface area contributed by atoms with Gasteiger partial charge in [0.2, 0.25) is 15.9 Å². The molecule has 2 aromatic carbocycles. The van der Waals surface area contributed by atoms with E-state index in [1.807, 2.05) is 54.2 Å². The smallest absolute Gasteiger partial charge is 0.242 e. The van der Waals surface area contributed by atoms with Crippen molar-refractivity contribution in [3.63, 3.8) is 0 Å². The number of sulfonamides is 1. The lowest BCUT2D eigenvalue weighted by Crippen LogP contribution is -2.52. The molecule has 0 unspecified atom stereocenters. The van der Waals surface area contributed by atoms with E-state index in [0.29, 0.717) is 32.7 Å². The molecular weight excluding hydrogens is 418 g/mol. The van der Waals surface area contributed by atoms with Crippen LogP contribution in [0.15, 0.2) is 59.5 Å². The van der Waals surface area contributed by atoms with E-state index in [2.05, 4.69) is 17.0 Å². The van der Waals surface area contributed by atoms with Crippen molar-refractivity contribution in [3.8, 4) is 0 Å². The molecule has 0 atom stereocenters. The van der Waals surface area contributed by atoms with Crippen molar-refractivity contribution in [3.05, 3.63) is 60.2 Å². The zero-order valence-electron chi connectivity index (χ0n) is 16.9. The van der Waals surface area contributed by atoms with Crippen LogP contribution in [0.4, 0.5) is 5.69 Å².